The Balaban J connectivity index is 1.37. The van der Waals surface area contributed by atoms with Crippen LogP contribution in [0.2, 0.25) is 0 Å². The Morgan fingerprint density at radius 1 is 1.08 bits per heavy atom. The van der Waals surface area contributed by atoms with Gasteiger partial charge in [0.25, 0.3) is 0 Å². The zero-order chi connectivity index (χ0) is 18.2. The van der Waals surface area contributed by atoms with Crippen LogP contribution in [0.15, 0.2) is 36.4 Å². The molecule has 0 unspecified atom stereocenters. The normalized spacial score (nSPS) is 37.4. The number of halogens is 1. The highest BCUT2D eigenvalue weighted by molar-refractivity contribution is 6.10. The number of carbonyl (C=O) groups excluding carboxylic acids is 3. The molecule has 1 aliphatic heterocycles. The molecule has 26 heavy (non-hydrogen) atoms. The summed E-state index contributed by atoms with van der Waals surface area (Å²) in [6, 6.07) is 4.50. The van der Waals surface area contributed by atoms with Gasteiger partial charge >= 0.3 is 0 Å². The number of allylic oxidation sites excluding steroid dienone is 2. The first-order valence-electron chi connectivity index (χ1n) is 9.09. The fourth-order valence-corrected chi connectivity index (χ4v) is 5.26. The van der Waals surface area contributed by atoms with Crippen LogP contribution in [-0.2, 0) is 14.4 Å². The lowest BCUT2D eigenvalue weighted by Gasteiger charge is -2.37. The molecule has 3 fully saturated rings. The minimum Gasteiger partial charge on any atom is -0.324 e. The van der Waals surface area contributed by atoms with Crippen LogP contribution in [0.4, 0.5) is 10.1 Å². The van der Waals surface area contributed by atoms with E-state index in [1.807, 2.05) is 0 Å². The summed E-state index contributed by atoms with van der Waals surface area (Å²) in [5.74, 6) is -0.526. The van der Waals surface area contributed by atoms with Gasteiger partial charge in [0.05, 0.1) is 11.8 Å². The second-order valence-electron chi connectivity index (χ2n) is 7.87. The Bertz CT molecular complexity index is 813. The Kier molecular flexibility index (Phi) is 3.18. The van der Waals surface area contributed by atoms with Crippen LogP contribution in [0.5, 0.6) is 0 Å². The van der Waals surface area contributed by atoms with E-state index in [9.17, 15) is 18.8 Å². The van der Waals surface area contributed by atoms with Crippen LogP contribution >= 0.6 is 0 Å². The molecule has 1 heterocycles. The number of rotatable bonds is 3. The van der Waals surface area contributed by atoms with Gasteiger partial charge in [-0.1, -0.05) is 12.2 Å². The van der Waals surface area contributed by atoms with E-state index in [4.69, 9.17) is 0 Å². The molecule has 4 aliphatic carbocycles. The lowest BCUT2D eigenvalue weighted by molar-refractivity contribution is -0.146. The minimum absolute atomic E-state index is 0.142. The van der Waals surface area contributed by atoms with Gasteiger partial charge in [0, 0.05) is 5.69 Å². The smallest absolute Gasteiger partial charge is 0.247 e. The zero-order valence-electron chi connectivity index (χ0n) is 14.3. The highest BCUT2D eigenvalue weighted by atomic mass is 19.1. The SMILES string of the molecule is C[C@@H](C(=O)Nc1ccc(F)cc1)N1C(=O)[C@H]2[C@@H]3C=C[C@H]([C@H]4C[C@H]34)[C@@H]2C1=O. The van der Waals surface area contributed by atoms with Gasteiger partial charge in [-0.2, -0.15) is 0 Å². The number of anilines is 1. The number of hydrogen-bond acceptors (Lipinski definition) is 3. The third-order valence-electron chi connectivity index (χ3n) is 6.58. The van der Waals surface area contributed by atoms with Crippen molar-refractivity contribution < 1.29 is 18.8 Å². The molecule has 7 atom stereocenters. The summed E-state index contributed by atoms with van der Waals surface area (Å²) in [7, 11) is 0. The number of imide groups is 1. The average molecular weight is 354 g/mol. The third-order valence-corrected chi connectivity index (χ3v) is 6.58. The van der Waals surface area contributed by atoms with Crippen molar-refractivity contribution in [3.8, 4) is 0 Å². The number of benzene rings is 1. The molecule has 3 amide bonds. The van der Waals surface area contributed by atoms with Crippen molar-refractivity contribution in [3.05, 3.63) is 42.2 Å². The van der Waals surface area contributed by atoms with Crippen molar-refractivity contribution in [3.63, 3.8) is 0 Å². The molecule has 1 aromatic carbocycles. The van der Waals surface area contributed by atoms with E-state index in [2.05, 4.69) is 17.5 Å². The molecule has 6 heteroatoms. The Morgan fingerprint density at radius 3 is 2.15 bits per heavy atom. The van der Waals surface area contributed by atoms with Crippen molar-refractivity contribution in [2.24, 2.45) is 35.5 Å². The van der Waals surface area contributed by atoms with Gasteiger partial charge in [-0.3, -0.25) is 19.3 Å². The summed E-state index contributed by atoms with van der Waals surface area (Å²) in [4.78, 5) is 39.7. The van der Waals surface area contributed by atoms with E-state index >= 15 is 0 Å². The second kappa shape index (κ2) is 5.25. The van der Waals surface area contributed by atoms with Crippen molar-refractivity contribution >= 4 is 23.4 Å². The maximum atomic E-state index is 13.0. The van der Waals surface area contributed by atoms with Crippen molar-refractivity contribution in [1.29, 1.82) is 0 Å². The van der Waals surface area contributed by atoms with Gasteiger partial charge in [0.1, 0.15) is 11.9 Å². The summed E-state index contributed by atoms with van der Waals surface area (Å²) in [6.45, 7) is 1.57. The van der Waals surface area contributed by atoms with Gasteiger partial charge in [0.15, 0.2) is 0 Å². The predicted octanol–water partition coefficient (Wildman–Crippen LogP) is 2.21. The number of nitrogens with one attached hydrogen (secondary N) is 1. The largest absolute Gasteiger partial charge is 0.324 e. The first-order chi connectivity index (χ1) is 12.5. The molecule has 0 aromatic heterocycles. The average Bonchev–Trinajstić information content (AvgIpc) is 3.41. The molecule has 134 valence electrons. The summed E-state index contributed by atoms with van der Waals surface area (Å²) < 4.78 is 13.0. The number of nitrogens with zero attached hydrogens (tertiary/aromatic N) is 1. The molecule has 2 saturated carbocycles. The maximum Gasteiger partial charge on any atom is 0.247 e. The van der Waals surface area contributed by atoms with Crippen LogP contribution < -0.4 is 5.32 Å². The molecule has 5 aliphatic rings. The fourth-order valence-electron chi connectivity index (χ4n) is 5.26. The Labute approximate surface area is 150 Å². The van der Waals surface area contributed by atoms with E-state index in [1.165, 1.54) is 24.3 Å². The standard InChI is InChI=1S/C20H19FN2O3/c1-9(18(24)22-11-4-2-10(21)3-5-11)23-19(25)16-12-6-7-13(15-8-14(12)15)17(16)20(23)26/h2-7,9,12-17H,8H2,1H3,(H,22,24)/t9-,12+,13+,14+,15+,16-,17-/m0/s1. The summed E-state index contributed by atoms with van der Waals surface area (Å²) in [6.07, 6.45) is 5.33. The van der Waals surface area contributed by atoms with E-state index in [0.29, 0.717) is 17.5 Å². The molecule has 1 N–H and O–H groups in total. The summed E-state index contributed by atoms with van der Waals surface area (Å²) >= 11 is 0. The fraction of sp³-hybridized carbons (Fsp3) is 0.450. The molecule has 1 aromatic rings. The van der Waals surface area contributed by atoms with Gasteiger partial charge < -0.3 is 5.32 Å². The first-order valence-corrected chi connectivity index (χ1v) is 9.09. The number of carbonyl (C=O) groups is 3. The number of hydrogen-bond donors (Lipinski definition) is 1. The van der Waals surface area contributed by atoms with Gasteiger partial charge in [-0.15, -0.1) is 0 Å². The van der Waals surface area contributed by atoms with Crippen LogP contribution in [0.1, 0.15) is 13.3 Å². The molecule has 5 nitrogen and oxygen atoms in total. The summed E-state index contributed by atoms with van der Waals surface area (Å²) in [5.41, 5.74) is 0.433. The van der Waals surface area contributed by atoms with E-state index in [1.54, 1.807) is 6.92 Å². The molecule has 2 bridgehead atoms. The van der Waals surface area contributed by atoms with Gasteiger partial charge in [-0.05, 0) is 61.3 Å². The zero-order valence-corrected chi connectivity index (χ0v) is 14.3. The molecule has 6 rings (SSSR count). The van der Waals surface area contributed by atoms with E-state index < -0.39 is 17.8 Å². The van der Waals surface area contributed by atoms with Crippen molar-refractivity contribution in [2.75, 3.05) is 5.32 Å². The maximum absolute atomic E-state index is 13.0. The number of amides is 3. The highest BCUT2D eigenvalue weighted by Crippen LogP contribution is 2.65. The van der Waals surface area contributed by atoms with Crippen LogP contribution in [0, 0.1) is 41.3 Å². The molecule has 0 spiro atoms. The van der Waals surface area contributed by atoms with Crippen LogP contribution in [-0.4, -0.2) is 28.7 Å². The molecule has 0 radical (unpaired) electrons. The van der Waals surface area contributed by atoms with E-state index in [-0.39, 0.29) is 35.5 Å². The van der Waals surface area contributed by atoms with Crippen molar-refractivity contribution in [1.82, 2.24) is 4.90 Å². The van der Waals surface area contributed by atoms with Gasteiger partial charge in [0.2, 0.25) is 17.7 Å². The second-order valence-corrected chi connectivity index (χ2v) is 7.87. The first kappa shape index (κ1) is 15.7. The highest BCUT2D eigenvalue weighted by Gasteiger charge is 2.67. The quantitative estimate of drug-likeness (QED) is 0.668. The monoisotopic (exact) mass is 354 g/mol. The van der Waals surface area contributed by atoms with E-state index in [0.717, 1.165) is 11.3 Å². The number of likely N-dealkylation sites (tertiary alicyclic amines) is 1. The van der Waals surface area contributed by atoms with Crippen molar-refractivity contribution in [2.45, 2.75) is 19.4 Å². The van der Waals surface area contributed by atoms with Crippen LogP contribution in [0.25, 0.3) is 0 Å². The van der Waals surface area contributed by atoms with Crippen LogP contribution in [0.3, 0.4) is 0 Å². The lowest BCUT2D eigenvalue weighted by atomic mass is 9.63. The third kappa shape index (κ3) is 2.04. The molecular formula is C20H19FN2O3. The predicted molar refractivity (Wildman–Crippen MR) is 91.0 cm³/mol. The lowest BCUT2D eigenvalue weighted by Crippen LogP contribution is -2.46. The Morgan fingerprint density at radius 2 is 1.62 bits per heavy atom. The molecular weight excluding hydrogens is 335 g/mol. The summed E-state index contributed by atoms with van der Waals surface area (Å²) in [5, 5.41) is 2.66. The van der Waals surface area contributed by atoms with Gasteiger partial charge in [-0.25, -0.2) is 4.39 Å². The minimum atomic E-state index is -0.888. The Hall–Kier alpha value is -2.50. The molecule has 1 saturated heterocycles. The topological polar surface area (TPSA) is 66.5 Å².